The summed E-state index contributed by atoms with van der Waals surface area (Å²) in [7, 11) is 1.64. The molecule has 0 aromatic heterocycles. The molecule has 0 fully saturated rings. The number of carboxylic acids is 1. The molecule has 1 N–H and O–H groups in total. The Hall–Kier alpha value is -1.55. The van der Waals surface area contributed by atoms with Crippen molar-refractivity contribution < 1.29 is 14.6 Å². The van der Waals surface area contributed by atoms with Gasteiger partial charge in [-0.15, -0.1) is 0 Å². The highest BCUT2D eigenvalue weighted by molar-refractivity contribution is 5.66. The molecule has 1 rings (SSSR count). The van der Waals surface area contributed by atoms with Crippen molar-refractivity contribution in [1.82, 2.24) is 4.90 Å². The van der Waals surface area contributed by atoms with E-state index >= 15 is 0 Å². The average Bonchev–Trinajstić information content (AvgIpc) is 2.34. The molecule has 1 aromatic carbocycles. The second-order valence-electron chi connectivity index (χ2n) is 3.86. The smallest absolute Gasteiger partial charge is 0.304 e. The fourth-order valence-corrected chi connectivity index (χ4v) is 1.63. The number of ether oxygens (including phenoxy) is 1. The van der Waals surface area contributed by atoms with Crippen LogP contribution < -0.4 is 4.74 Å². The summed E-state index contributed by atoms with van der Waals surface area (Å²) in [6.45, 7) is 4.19. The van der Waals surface area contributed by atoms with Gasteiger partial charge in [0, 0.05) is 13.1 Å². The van der Waals surface area contributed by atoms with Gasteiger partial charge >= 0.3 is 5.97 Å². The normalized spacial score (nSPS) is 10.5. The van der Waals surface area contributed by atoms with Crippen molar-refractivity contribution in [2.45, 2.75) is 19.9 Å². The largest absolute Gasteiger partial charge is 0.497 e. The molecule has 0 unspecified atom stereocenters. The third-order valence-electron chi connectivity index (χ3n) is 2.63. The number of nitrogens with zero attached hydrogens (tertiary/aromatic N) is 1. The SMILES string of the molecule is CCN(CCC(=O)O)Cc1cccc(OC)c1. The highest BCUT2D eigenvalue weighted by atomic mass is 16.5. The summed E-state index contributed by atoms with van der Waals surface area (Å²) < 4.78 is 5.16. The molecule has 1 aromatic rings. The third kappa shape index (κ3) is 4.87. The average molecular weight is 237 g/mol. The number of methoxy groups -OCH3 is 1. The molecule has 0 aliphatic rings. The minimum Gasteiger partial charge on any atom is -0.497 e. The minimum absolute atomic E-state index is 0.178. The van der Waals surface area contributed by atoms with Crippen LogP contribution in [0.4, 0.5) is 0 Å². The van der Waals surface area contributed by atoms with Crippen LogP contribution >= 0.6 is 0 Å². The van der Waals surface area contributed by atoms with Crippen molar-refractivity contribution in [3.05, 3.63) is 29.8 Å². The van der Waals surface area contributed by atoms with Crippen molar-refractivity contribution in [1.29, 1.82) is 0 Å². The van der Waals surface area contributed by atoms with Gasteiger partial charge in [0.15, 0.2) is 0 Å². The van der Waals surface area contributed by atoms with Crippen molar-refractivity contribution in [2.24, 2.45) is 0 Å². The Bertz CT molecular complexity index is 365. The second kappa shape index (κ2) is 6.91. The van der Waals surface area contributed by atoms with Gasteiger partial charge in [-0.2, -0.15) is 0 Å². The van der Waals surface area contributed by atoms with E-state index < -0.39 is 5.97 Å². The van der Waals surface area contributed by atoms with E-state index in [1.54, 1.807) is 7.11 Å². The van der Waals surface area contributed by atoms with Gasteiger partial charge in [-0.25, -0.2) is 0 Å². The Morgan fingerprint density at radius 3 is 2.82 bits per heavy atom. The Morgan fingerprint density at radius 1 is 1.47 bits per heavy atom. The lowest BCUT2D eigenvalue weighted by Gasteiger charge is -2.19. The fourth-order valence-electron chi connectivity index (χ4n) is 1.63. The lowest BCUT2D eigenvalue weighted by molar-refractivity contribution is -0.137. The zero-order valence-corrected chi connectivity index (χ0v) is 10.3. The zero-order valence-electron chi connectivity index (χ0n) is 10.3. The van der Waals surface area contributed by atoms with Gasteiger partial charge < -0.3 is 9.84 Å². The number of aliphatic carboxylic acids is 1. The number of carboxylic acid groups (broad SMARTS) is 1. The molecule has 0 spiro atoms. The van der Waals surface area contributed by atoms with E-state index in [2.05, 4.69) is 4.90 Å². The van der Waals surface area contributed by atoms with Gasteiger partial charge in [-0.05, 0) is 24.2 Å². The molecular formula is C13H19NO3. The van der Waals surface area contributed by atoms with Crippen LogP contribution in [0.25, 0.3) is 0 Å². The van der Waals surface area contributed by atoms with E-state index in [9.17, 15) is 4.79 Å². The first-order valence-electron chi connectivity index (χ1n) is 5.72. The molecule has 0 aliphatic carbocycles. The van der Waals surface area contributed by atoms with Crippen LogP contribution in [0.1, 0.15) is 18.9 Å². The van der Waals surface area contributed by atoms with Gasteiger partial charge in [-0.3, -0.25) is 9.69 Å². The van der Waals surface area contributed by atoms with Crippen molar-refractivity contribution in [3.8, 4) is 5.75 Å². The first-order chi connectivity index (χ1) is 8.15. The molecule has 4 nitrogen and oxygen atoms in total. The van der Waals surface area contributed by atoms with Crippen LogP contribution in [0.5, 0.6) is 5.75 Å². The summed E-state index contributed by atoms with van der Waals surface area (Å²) in [5, 5.41) is 8.66. The van der Waals surface area contributed by atoms with Crippen molar-refractivity contribution in [3.63, 3.8) is 0 Å². The summed E-state index contributed by atoms with van der Waals surface area (Å²) in [6.07, 6.45) is 0.178. The topological polar surface area (TPSA) is 49.8 Å². The predicted octanol–water partition coefficient (Wildman–Crippen LogP) is 1.99. The van der Waals surface area contributed by atoms with Crippen LogP contribution in [0.3, 0.4) is 0 Å². The summed E-state index contributed by atoms with van der Waals surface area (Å²) in [5.41, 5.74) is 1.14. The monoisotopic (exact) mass is 237 g/mol. The Balaban J connectivity index is 2.56. The maximum Gasteiger partial charge on any atom is 0.304 e. The summed E-state index contributed by atoms with van der Waals surface area (Å²) >= 11 is 0. The number of carbonyl (C=O) groups is 1. The summed E-state index contributed by atoms with van der Waals surface area (Å²) in [6, 6.07) is 7.84. The van der Waals surface area contributed by atoms with E-state index in [1.165, 1.54) is 0 Å². The molecule has 0 atom stereocenters. The lowest BCUT2D eigenvalue weighted by Crippen LogP contribution is -2.25. The van der Waals surface area contributed by atoms with Gasteiger partial charge in [-0.1, -0.05) is 19.1 Å². The molecule has 4 heteroatoms. The molecule has 17 heavy (non-hydrogen) atoms. The maximum absolute atomic E-state index is 10.5. The second-order valence-corrected chi connectivity index (χ2v) is 3.86. The Kier molecular flexibility index (Phi) is 5.49. The van der Waals surface area contributed by atoms with Crippen LogP contribution in [-0.2, 0) is 11.3 Å². The summed E-state index contributed by atoms with van der Waals surface area (Å²) in [4.78, 5) is 12.6. The standard InChI is InChI=1S/C13H19NO3/c1-3-14(8-7-13(15)16)10-11-5-4-6-12(9-11)17-2/h4-6,9H,3,7-8,10H2,1-2H3,(H,15,16). The molecule has 0 saturated carbocycles. The number of benzene rings is 1. The van der Waals surface area contributed by atoms with Crippen molar-refractivity contribution >= 4 is 5.97 Å². The van der Waals surface area contributed by atoms with Gasteiger partial charge in [0.05, 0.1) is 13.5 Å². The molecule has 0 heterocycles. The highest BCUT2D eigenvalue weighted by Gasteiger charge is 2.06. The van der Waals surface area contributed by atoms with E-state index in [-0.39, 0.29) is 6.42 Å². The molecule has 0 radical (unpaired) electrons. The molecular weight excluding hydrogens is 218 g/mol. The Labute approximate surface area is 102 Å². The van der Waals surface area contributed by atoms with E-state index in [0.29, 0.717) is 6.54 Å². The number of hydrogen-bond acceptors (Lipinski definition) is 3. The quantitative estimate of drug-likeness (QED) is 0.788. The number of rotatable bonds is 7. The van der Waals surface area contributed by atoms with Crippen LogP contribution in [0, 0.1) is 0 Å². The molecule has 0 aliphatic heterocycles. The van der Waals surface area contributed by atoms with Crippen molar-refractivity contribution in [2.75, 3.05) is 20.2 Å². The van der Waals surface area contributed by atoms with E-state index in [1.807, 2.05) is 31.2 Å². The van der Waals surface area contributed by atoms with Gasteiger partial charge in [0.2, 0.25) is 0 Å². The number of hydrogen-bond donors (Lipinski definition) is 1. The summed E-state index contributed by atoms with van der Waals surface area (Å²) in [5.74, 6) is 0.0749. The molecule has 0 bridgehead atoms. The third-order valence-corrected chi connectivity index (χ3v) is 2.63. The van der Waals surface area contributed by atoms with Crippen LogP contribution in [-0.4, -0.2) is 36.2 Å². The predicted molar refractivity (Wildman–Crippen MR) is 66.2 cm³/mol. The van der Waals surface area contributed by atoms with Gasteiger partial charge in [0.1, 0.15) is 5.75 Å². The van der Waals surface area contributed by atoms with E-state index in [0.717, 1.165) is 24.4 Å². The minimum atomic E-state index is -0.755. The Morgan fingerprint density at radius 2 is 2.24 bits per heavy atom. The van der Waals surface area contributed by atoms with Gasteiger partial charge in [0.25, 0.3) is 0 Å². The van der Waals surface area contributed by atoms with Crippen LogP contribution in [0.15, 0.2) is 24.3 Å². The fraction of sp³-hybridized carbons (Fsp3) is 0.462. The first-order valence-corrected chi connectivity index (χ1v) is 5.72. The van der Waals surface area contributed by atoms with Crippen LogP contribution in [0.2, 0.25) is 0 Å². The molecule has 0 amide bonds. The van der Waals surface area contributed by atoms with E-state index in [4.69, 9.17) is 9.84 Å². The lowest BCUT2D eigenvalue weighted by atomic mass is 10.2. The zero-order chi connectivity index (χ0) is 12.7. The highest BCUT2D eigenvalue weighted by Crippen LogP contribution is 2.14. The molecule has 0 saturated heterocycles. The maximum atomic E-state index is 10.5. The molecule has 94 valence electrons. The first kappa shape index (κ1) is 13.5.